The normalized spacial score (nSPS) is 14.5. The minimum absolute atomic E-state index is 0.325. The second kappa shape index (κ2) is 3.74. The van der Waals surface area contributed by atoms with Gasteiger partial charge in [0, 0.05) is 5.92 Å². The highest BCUT2D eigenvalue weighted by molar-refractivity contribution is 7.05. The lowest BCUT2D eigenvalue weighted by Gasteiger charge is -2.28. The fourth-order valence-electron chi connectivity index (χ4n) is 1.13. The van der Waals surface area contributed by atoms with Gasteiger partial charge in [-0.15, -0.1) is 0 Å². The molecule has 74 valence electrons. The molecule has 13 heavy (non-hydrogen) atoms. The molecule has 0 aliphatic rings. The zero-order valence-electron chi connectivity index (χ0n) is 9.09. The topological polar surface area (TPSA) is 25.8 Å². The van der Waals surface area contributed by atoms with Crippen molar-refractivity contribution >= 4 is 11.5 Å². The number of hydrogen-bond donors (Lipinski definition) is 0. The van der Waals surface area contributed by atoms with Crippen molar-refractivity contribution in [3.05, 3.63) is 10.8 Å². The van der Waals surface area contributed by atoms with Crippen LogP contribution < -0.4 is 0 Å². The van der Waals surface area contributed by atoms with Gasteiger partial charge in [-0.05, 0) is 23.9 Å². The highest BCUT2D eigenvalue weighted by Gasteiger charge is 2.27. The smallest absolute Gasteiger partial charge is 0.139 e. The van der Waals surface area contributed by atoms with E-state index < -0.39 is 0 Å². The van der Waals surface area contributed by atoms with Crippen molar-refractivity contribution in [3.63, 3.8) is 0 Å². The SMILES string of the molecule is CCC(C)(C)[C@H](C)c1nc(C)ns1. The van der Waals surface area contributed by atoms with Crippen molar-refractivity contribution in [2.24, 2.45) is 5.41 Å². The van der Waals surface area contributed by atoms with Crippen LogP contribution in [-0.4, -0.2) is 9.36 Å². The summed E-state index contributed by atoms with van der Waals surface area (Å²) in [5, 5.41) is 1.17. The molecule has 0 aliphatic heterocycles. The first-order valence-electron chi connectivity index (χ1n) is 4.77. The van der Waals surface area contributed by atoms with E-state index in [-0.39, 0.29) is 0 Å². The molecule has 1 rings (SSSR count). The molecule has 0 spiro atoms. The number of hydrogen-bond acceptors (Lipinski definition) is 3. The predicted molar refractivity (Wildman–Crippen MR) is 57.1 cm³/mol. The summed E-state index contributed by atoms with van der Waals surface area (Å²) in [5.41, 5.74) is 0.325. The van der Waals surface area contributed by atoms with Crippen LogP contribution in [0.1, 0.15) is 50.9 Å². The van der Waals surface area contributed by atoms with Gasteiger partial charge in [0.2, 0.25) is 0 Å². The van der Waals surface area contributed by atoms with Gasteiger partial charge in [-0.25, -0.2) is 4.98 Å². The first kappa shape index (κ1) is 10.6. The van der Waals surface area contributed by atoms with Gasteiger partial charge in [0.15, 0.2) is 0 Å². The van der Waals surface area contributed by atoms with Gasteiger partial charge >= 0.3 is 0 Å². The standard InChI is InChI=1S/C10H18N2S/c1-6-10(4,5)7(2)9-11-8(3)12-13-9/h7H,6H2,1-5H3/t7-/m1/s1. The molecule has 1 atom stereocenters. The Morgan fingerprint density at radius 1 is 1.46 bits per heavy atom. The van der Waals surface area contributed by atoms with E-state index in [0.717, 1.165) is 5.82 Å². The molecular formula is C10H18N2S. The van der Waals surface area contributed by atoms with E-state index >= 15 is 0 Å². The maximum Gasteiger partial charge on any atom is 0.139 e. The third kappa shape index (κ3) is 2.27. The summed E-state index contributed by atoms with van der Waals surface area (Å²) in [6, 6.07) is 0. The molecule has 2 nitrogen and oxygen atoms in total. The maximum atomic E-state index is 4.43. The summed E-state index contributed by atoms with van der Waals surface area (Å²) < 4.78 is 4.22. The summed E-state index contributed by atoms with van der Waals surface area (Å²) in [5.74, 6) is 1.41. The minimum Gasteiger partial charge on any atom is -0.225 e. The Kier molecular flexibility index (Phi) is 3.06. The lowest BCUT2D eigenvalue weighted by atomic mass is 9.78. The van der Waals surface area contributed by atoms with Gasteiger partial charge in [-0.1, -0.05) is 34.1 Å². The molecule has 0 saturated heterocycles. The van der Waals surface area contributed by atoms with Crippen LogP contribution in [0.5, 0.6) is 0 Å². The number of rotatable bonds is 3. The Labute approximate surface area is 84.6 Å². The molecule has 0 saturated carbocycles. The van der Waals surface area contributed by atoms with Crippen LogP contribution in [0.3, 0.4) is 0 Å². The van der Waals surface area contributed by atoms with Gasteiger partial charge in [-0.2, -0.15) is 4.37 Å². The summed E-state index contributed by atoms with van der Waals surface area (Å²) in [6.07, 6.45) is 1.17. The molecule has 0 unspecified atom stereocenters. The Bertz CT molecular complexity index is 278. The number of aryl methyl sites for hydroxylation is 1. The molecule has 0 aromatic carbocycles. The zero-order valence-corrected chi connectivity index (χ0v) is 9.90. The molecular weight excluding hydrogens is 180 g/mol. The summed E-state index contributed by atoms with van der Waals surface area (Å²) >= 11 is 1.54. The Morgan fingerprint density at radius 2 is 2.08 bits per heavy atom. The van der Waals surface area contributed by atoms with E-state index in [1.165, 1.54) is 23.0 Å². The fraction of sp³-hybridized carbons (Fsp3) is 0.800. The van der Waals surface area contributed by atoms with Gasteiger partial charge in [-0.3, -0.25) is 0 Å². The van der Waals surface area contributed by atoms with Crippen LogP contribution in [0, 0.1) is 12.3 Å². The second-order valence-electron chi connectivity index (χ2n) is 4.24. The molecule has 0 aliphatic carbocycles. The van der Waals surface area contributed by atoms with Gasteiger partial charge in [0.25, 0.3) is 0 Å². The van der Waals surface area contributed by atoms with Crippen molar-refractivity contribution in [2.75, 3.05) is 0 Å². The Balaban J connectivity index is 2.84. The van der Waals surface area contributed by atoms with E-state index in [4.69, 9.17) is 0 Å². The van der Waals surface area contributed by atoms with Crippen LogP contribution >= 0.6 is 11.5 Å². The molecule has 1 aromatic heterocycles. The summed E-state index contributed by atoms with van der Waals surface area (Å²) in [6.45, 7) is 11.0. The molecule has 0 bridgehead atoms. The first-order chi connectivity index (χ1) is 5.97. The lowest BCUT2D eigenvalue weighted by Crippen LogP contribution is -2.18. The van der Waals surface area contributed by atoms with E-state index in [1.54, 1.807) is 0 Å². The van der Waals surface area contributed by atoms with Gasteiger partial charge in [0.1, 0.15) is 10.8 Å². The van der Waals surface area contributed by atoms with E-state index in [2.05, 4.69) is 37.1 Å². The molecule has 0 amide bonds. The largest absolute Gasteiger partial charge is 0.225 e. The number of nitrogens with zero attached hydrogens (tertiary/aromatic N) is 2. The van der Waals surface area contributed by atoms with Crippen LogP contribution in [0.15, 0.2) is 0 Å². The predicted octanol–water partition coefficient (Wildman–Crippen LogP) is 3.39. The van der Waals surface area contributed by atoms with Gasteiger partial charge in [0.05, 0.1) is 0 Å². The highest BCUT2D eigenvalue weighted by Crippen LogP contribution is 2.38. The Hall–Kier alpha value is -0.440. The van der Waals surface area contributed by atoms with E-state index in [0.29, 0.717) is 11.3 Å². The highest BCUT2D eigenvalue weighted by atomic mass is 32.1. The molecule has 3 heteroatoms. The number of aromatic nitrogens is 2. The van der Waals surface area contributed by atoms with Crippen LogP contribution in [0.25, 0.3) is 0 Å². The van der Waals surface area contributed by atoms with E-state index in [9.17, 15) is 0 Å². The first-order valence-corrected chi connectivity index (χ1v) is 5.55. The summed E-state index contributed by atoms with van der Waals surface area (Å²) in [4.78, 5) is 4.43. The molecule has 1 aromatic rings. The second-order valence-corrected chi connectivity index (χ2v) is 5.03. The van der Waals surface area contributed by atoms with Crippen LogP contribution in [0.2, 0.25) is 0 Å². The van der Waals surface area contributed by atoms with Gasteiger partial charge < -0.3 is 0 Å². The van der Waals surface area contributed by atoms with E-state index in [1.807, 2.05) is 6.92 Å². The monoisotopic (exact) mass is 198 g/mol. The lowest BCUT2D eigenvalue weighted by molar-refractivity contribution is 0.288. The zero-order chi connectivity index (χ0) is 10.1. The molecule has 0 fully saturated rings. The fourth-order valence-corrected chi connectivity index (χ4v) is 2.05. The van der Waals surface area contributed by atoms with Crippen molar-refractivity contribution in [1.29, 1.82) is 0 Å². The molecule has 0 radical (unpaired) electrons. The molecule has 0 N–H and O–H groups in total. The van der Waals surface area contributed by atoms with Crippen molar-refractivity contribution in [1.82, 2.24) is 9.36 Å². The third-order valence-corrected chi connectivity index (χ3v) is 3.98. The summed E-state index contributed by atoms with van der Waals surface area (Å²) in [7, 11) is 0. The third-order valence-electron chi connectivity index (χ3n) is 3.00. The minimum atomic E-state index is 0.325. The average molecular weight is 198 g/mol. The quantitative estimate of drug-likeness (QED) is 0.744. The van der Waals surface area contributed by atoms with Crippen LogP contribution in [-0.2, 0) is 0 Å². The Morgan fingerprint density at radius 3 is 2.46 bits per heavy atom. The average Bonchev–Trinajstić information content (AvgIpc) is 2.50. The van der Waals surface area contributed by atoms with Crippen LogP contribution in [0.4, 0.5) is 0 Å². The maximum absolute atomic E-state index is 4.43. The van der Waals surface area contributed by atoms with Crippen molar-refractivity contribution in [2.45, 2.75) is 47.0 Å². The van der Waals surface area contributed by atoms with Crippen molar-refractivity contribution in [3.8, 4) is 0 Å². The molecule has 1 heterocycles. The van der Waals surface area contributed by atoms with Crippen molar-refractivity contribution < 1.29 is 0 Å².